The van der Waals surface area contributed by atoms with Gasteiger partial charge in [0.2, 0.25) is 0 Å². The molecule has 9 nitrogen and oxygen atoms in total. The lowest BCUT2D eigenvalue weighted by molar-refractivity contribution is -0.231. The monoisotopic (exact) mass is 559 g/mol. The second-order valence-electron chi connectivity index (χ2n) is 12.7. The first-order chi connectivity index (χ1) is 18.8. The van der Waals surface area contributed by atoms with Gasteiger partial charge in [0.15, 0.2) is 11.5 Å². The van der Waals surface area contributed by atoms with Crippen molar-refractivity contribution in [3.63, 3.8) is 0 Å². The molecule has 4 atom stereocenters. The highest BCUT2D eigenvalue weighted by Gasteiger charge is 2.56. The zero-order valence-corrected chi connectivity index (χ0v) is 24.8. The zero-order valence-electron chi connectivity index (χ0n) is 24.8. The minimum Gasteiger partial charge on any atom is -0.490 e. The van der Waals surface area contributed by atoms with Crippen molar-refractivity contribution < 1.29 is 38.4 Å². The van der Waals surface area contributed by atoms with E-state index in [2.05, 4.69) is 26.8 Å². The number of amides is 1. The second kappa shape index (κ2) is 12.0. The Morgan fingerprint density at radius 3 is 2.73 bits per heavy atom. The number of morpholine rings is 1. The van der Waals surface area contributed by atoms with Gasteiger partial charge in [-0.05, 0) is 73.3 Å². The van der Waals surface area contributed by atoms with Crippen LogP contribution in [0, 0.1) is 5.92 Å². The molecule has 3 heterocycles. The quantitative estimate of drug-likeness (QED) is 0.310. The normalized spacial score (nSPS) is 27.7. The molecule has 4 rings (SSSR count). The average Bonchev–Trinajstić information content (AvgIpc) is 2.86. The van der Waals surface area contributed by atoms with Gasteiger partial charge in [-0.15, -0.1) is 0 Å². The van der Waals surface area contributed by atoms with Crippen molar-refractivity contribution in [3.05, 3.63) is 35.4 Å². The number of ether oxygens (including phenoxy) is 5. The van der Waals surface area contributed by atoms with Crippen LogP contribution < -0.4 is 9.47 Å². The number of carboxylic acid groups (broad SMARTS) is 1. The predicted octanol–water partition coefficient (Wildman–Crippen LogP) is 5.91. The number of carboxylic acids is 1. The average molecular weight is 560 g/mol. The maximum atomic E-state index is 12.9. The Bertz CT molecular complexity index is 1110. The Morgan fingerprint density at radius 1 is 1.25 bits per heavy atom. The third-order valence-corrected chi connectivity index (χ3v) is 7.80. The van der Waals surface area contributed by atoms with Crippen LogP contribution in [0.15, 0.2) is 29.8 Å². The molecular formula is C31H45NO8. The van der Waals surface area contributed by atoms with E-state index in [0.29, 0.717) is 50.6 Å². The zero-order chi connectivity index (χ0) is 29.1. The van der Waals surface area contributed by atoms with E-state index in [1.54, 1.807) is 4.90 Å². The summed E-state index contributed by atoms with van der Waals surface area (Å²) in [5.41, 5.74) is 0.359. The first-order valence-corrected chi connectivity index (χ1v) is 14.3. The molecule has 40 heavy (non-hydrogen) atoms. The Kier molecular flexibility index (Phi) is 9.05. The van der Waals surface area contributed by atoms with Crippen molar-refractivity contribution in [1.82, 2.24) is 4.90 Å². The second-order valence-corrected chi connectivity index (χ2v) is 12.7. The molecule has 1 aromatic carbocycles. The Hall–Kier alpha value is -2.78. The smallest absolute Gasteiger partial charge is 0.410 e. The summed E-state index contributed by atoms with van der Waals surface area (Å²) in [5.74, 6) is 0.392. The number of allylic oxidation sites excluding steroid dienone is 2. The Balaban J connectivity index is 1.60. The molecule has 1 amide bonds. The van der Waals surface area contributed by atoms with Gasteiger partial charge >= 0.3 is 12.1 Å². The molecule has 0 bridgehead atoms. The van der Waals surface area contributed by atoms with Crippen LogP contribution in [0.25, 0.3) is 0 Å². The standard InChI is InChI=1S/C31H45NO8/c1-21(2)10-8-14-30(6)23-18-31(19-32(15-17-38-31)28(35)40-29(3,4)5)20-37-26(23)22-11-7-12-24(27(22)39-30)36-16-9-13-25(33)34/h7,10-12,23,26H,8-9,13-20H2,1-6H3,(H,33,34)/t23-,26+,30+,31+/m0/s1. The van der Waals surface area contributed by atoms with E-state index in [1.807, 2.05) is 39.0 Å². The van der Waals surface area contributed by atoms with E-state index in [0.717, 1.165) is 18.4 Å². The molecule has 1 spiro atoms. The van der Waals surface area contributed by atoms with E-state index < -0.39 is 22.8 Å². The molecule has 0 aromatic heterocycles. The summed E-state index contributed by atoms with van der Waals surface area (Å²) in [7, 11) is 0. The van der Waals surface area contributed by atoms with Gasteiger partial charge in [-0.25, -0.2) is 4.79 Å². The topological polar surface area (TPSA) is 104 Å². The fraction of sp³-hybridized carbons (Fsp3) is 0.677. The van der Waals surface area contributed by atoms with Crippen molar-refractivity contribution in [1.29, 1.82) is 0 Å². The summed E-state index contributed by atoms with van der Waals surface area (Å²) >= 11 is 0. The van der Waals surface area contributed by atoms with E-state index >= 15 is 0 Å². The third kappa shape index (κ3) is 7.10. The fourth-order valence-corrected chi connectivity index (χ4v) is 5.88. The molecule has 3 aliphatic heterocycles. The van der Waals surface area contributed by atoms with Crippen molar-refractivity contribution in [2.75, 3.05) is 32.9 Å². The first kappa shape index (κ1) is 30.2. The minimum absolute atomic E-state index is 0.0276. The molecule has 0 saturated carbocycles. The number of rotatable bonds is 8. The summed E-state index contributed by atoms with van der Waals surface area (Å²) in [5, 5.41) is 8.98. The number of fused-ring (bicyclic) bond motifs is 3. The van der Waals surface area contributed by atoms with Crippen molar-refractivity contribution in [2.24, 2.45) is 5.92 Å². The van der Waals surface area contributed by atoms with Gasteiger partial charge in [-0.2, -0.15) is 0 Å². The highest BCUT2D eigenvalue weighted by atomic mass is 16.6. The van der Waals surface area contributed by atoms with Crippen LogP contribution in [0.4, 0.5) is 4.79 Å². The lowest BCUT2D eigenvalue weighted by Crippen LogP contribution is -2.63. The highest BCUT2D eigenvalue weighted by Crippen LogP contribution is 2.56. The summed E-state index contributed by atoms with van der Waals surface area (Å²) in [6, 6.07) is 5.80. The Labute approximate surface area is 237 Å². The summed E-state index contributed by atoms with van der Waals surface area (Å²) in [4.78, 5) is 25.6. The molecule has 0 radical (unpaired) electrons. The van der Waals surface area contributed by atoms with Crippen molar-refractivity contribution in [3.8, 4) is 11.5 Å². The third-order valence-electron chi connectivity index (χ3n) is 7.80. The van der Waals surface area contributed by atoms with Gasteiger partial charge in [0.25, 0.3) is 0 Å². The molecule has 222 valence electrons. The molecule has 9 heteroatoms. The molecule has 1 N–H and O–H groups in total. The number of hydrogen-bond donors (Lipinski definition) is 1. The number of carbonyl (C=O) groups excluding carboxylic acids is 1. The predicted molar refractivity (Wildman–Crippen MR) is 150 cm³/mol. The molecule has 0 unspecified atom stereocenters. The SMILES string of the molecule is CC(C)=CCC[C@@]1(C)Oc2c(OCCCC(=O)O)cccc2[C@H]2OC[C@@]3(C[C@@H]21)CN(C(=O)OC(C)(C)C)CCO3. The van der Waals surface area contributed by atoms with Crippen LogP contribution in [0.3, 0.4) is 0 Å². The number of benzene rings is 1. The summed E-state index contributed by atoms with van der Waals surface area (Å²) in [6.07, 6.45) is 4.39. The van der Waals surface area contributed by atoms with Crippen LogP contribution in [-0.2, 0) is 19.0 Å². The lowest BCUT2D eigenvalue weighted by Gasteiger charge is -2.55. The molecule has 0 aliphatic carbocycles. The van der Waals surface area contributed by atoms with Crippen molar-refractivity contribution >= 4 is 12.1 Å². The van der Waals surface area contributed by atoms with Gasteiger partial charge in [0.05, 0.1) is 32.5 Å². The number of aliphatic carboxylic acids is 1. The number of para-hydroxylation sites is 1. The maximum absolute atomic E-state index is 12.9. The van der Waals surface area contributed by atoms with Gasteiger partial charge in [-0.3, -0.25) is 4.79 Å². The first-order valence-electron chi connectivity index (χ1n) is 14.3. The number of nitrogens with zero attached hydrogens (tertiary/aromatic N) is 1. The molecule has 2 saturated heterocycles. The van der Waals surface area contributed by atoms with Crippen molar-refractivity contribution in [2.45, 2.75) is 96.6 Å². The van der Waals surface area contributed by atoms with Gasteiger partial charge < -0.3 is 33.7 Å². The fourth-order valence-electron chi connectivity index (χ4n) is 5.88. The Morgan fingerprint density at radius 2 is 2.02 bits per heavy atom. The lowest BCUT2D eigenvalue weighted by atomic mass is 9.69. The van der Waals surface area contributed by atoms with E-state index in [9.17, 15) is 9.59 Å². The van der Waals surface area contributed by atoms with E-state index in [-0.39, 0.29) is 31.1 Å². The van der Waals surface area contributed by atoms with Gasteiger partial charge in [-0.1, -0.05) is 23.8 Å². The minimum atomic E-state index is -0.843. The van der Waals surface area contributed by atoms with Crippen LogP contribution in [0.1, 0.15) is 85.3 Å². The molecular weight excluding hydrogens is 514 g/mol. The van der Waals surface area contributed by atoms with Crippen LogP contribution in [0.5, 0.6) is 11.5 Å². The summed E-state index contributed by atoms with van der Waals surface area (Å²) < 4.78 is 31.5. The number of carbonyl (C=O) groups is 2. The van der Waals surface area contributed by atoms with E-state index in [4.69, 9.17) is 28.8 Å². The van der Waals surface area contributed by atoms with E-state index in [1.165, 1.54) is 5.57 Å². The van der Waals surface area contributed by atoms with Gasteiger partial charge in [0.1, 0.15) is 16.8 Å². The maximum Gasteiger partial charge on any atom is 0.410 e. The molecule has 3 aliphatic rings. The van der Waals surface area contributed by atoms with Crippen LogP contribution in [-0.4, -0.2) is 71.8 Å². The van der Waals surface area contributed by atoms with Crippen LogP contribution >= 0.6 is 0 Å². The molecule has 2 fully saturated rings. The van der Waals surface area contributed by atoms with Gasteiger partial charge in [0, 0.05) is 24.4 Å². The number of hydrogen-bond acceptors (Lipinski definition) is 7. The summed E-state index contributed by atoms with van der Waals surface area (Å²) in [6.45, 7) is 13.8. The van der Waals surface area contributed by atoms with Crippen LogP contribution in [0.2, 0.25) is 0 Å². The highest BCUT2D eigenvalue weighted by molar-refractivity contribution is 5.68. The molecule has 1 aromatic rings. The largest absolute Gasteiger partial charge is 0.490 e.